The zero-order valence-electron chi connectivity index (χ0n) is 10.9. The highest BCUT2D eigenvalue weighted by molar-refractivity contribution is 9.10. The average Bonchev–Trinajstić information content (AvgIpc) is 2.37. The van der Waals surface area contributed by atoms with E-state index < -0.39 is 11.7 Å². The van der Waals surface area contributed by atoms with Gasteiger partial charge in [0.15, 0.2) is 0 Å². The lowest BCUT2D eigenvalue weighted by Gasteiger charge is -2.33. The summed E-state index contributed by atoms with van der Waals surface area (Å²) in [6.45, 7) is 4.43. The molecule has 0 bridgehead atoms. The van der Waals surface area contributed by atoms with Gasteiger partial charge in [0.25, 0.3) is 0 Å². The number of rotatable bonds is 5. The van der Waals surface area contributed by atoms with E-state index in [-0.39, 0.29) is 5.54 Å². The summed E-state index contributed by atoms with van der Waals surface area (Å²) in [5.74, 6) is 0. The Morgan fingerprint density at radius 3 is 2.16 bits per heavy atom. The van der Waals surface area contributed by atoms with E-state index in [4.69, 9.17) is 5.73 Å². The maximum absolute atomic E-state index is 12.6. The van der Waals surface area contributed by atoms with Gasteiger partial charge in [-0.05, 0) is 47.0 Å². The fraction of sp³-hybridized carbons (Fsp3) is 0.538. The van der Waals surface area contributed by atoms with E-state index in [2.05, 4.69) is 21.2 Å². The van der Waals surface area contributed by atoms with Gasteiger partial charge in [0.2, 0.25) is 0 Å². The molecule has 0 aliphatic carbocycles. The minimum absolute atomic E-state index is 0.289. The van der Waals surface area contributed by atoms with E-state index >= 15 is 0 Å². The van der Waals surface area contributed by atoms with Crippen molar-refractivity contribution in [3.63, 3.8) is 0 Å². The molecule has 108 valence electrons. The number of alkyl halides is 3. The van der Waals surface area contributed by atoms with Crippen LogP contribution in [0.2, 0.25) is 0 Å². The Morgan fingerprint density at radius 1 is 1.21 bits per heavy atom. The molecule has 0 radical (unpaired) electrons. The van der Waals surface area contributed by atoms with Crippen molar-refractivity contribution in [1.29, 1.82) is 0 Å². The van der Waals surface area contributed by atoms with Crippen molar-refractivity contribution in [2.24, 2.45) is 5.73 Å². The Bertz CT molecular complexity index is 420. The van der Waals surface area contributed by atoms with E-state index in [1.54, 1.807) is 0 Å². The molecule has 3 N–H and O–H groups in total. The van der Waals surface area contributed by atoms with Crippen LogP contribution in [0.4, 0.5) is 18.9 Å². The van der Waals surface area contributed by atoms with Crippen molar-refractivity contribution in [1.82, 2.24) is 0 Å². The molecule has 0 aliphatic heterocycles. The number of nitrogens with two attached hydrogens (primary N) is 1. The zero-order valence-corrected chi connectivity index (χ0v) is 12.5. The van der Waals surface area contributed by atoms with E-state index in [1.807, 2.05) is 13.8 Å². The summed E-state index contributed by atoms with van der Waals surface area (Å²) in [4.78, 5) is 0. The molecule has 0 saturated carbocycles. The Hall–Kier alpha value is -0.750. The van der Waals surface area contributed by atoms with Crippen molar-refractivity contribution < 1.29 is 13.2 Å². The molecular weight excluding hydrogens is 321 g/mol. The Kier molecular flexibility index (Phi) is 5.26. The van der Waals surface area contributed by atoms with Crippen molar-refractivity contribution in [2.75, 3.05) is 11.9 Å². The second-order valence-corrected chi connectivity index (χ2v) is 5.36. The first-order valence-electron chi connectivity index (χ1n) is 6.13. The van der Waals surface area contributed by atoms with E-state index in [0.29, 0.717) is 16.7 Å². The van der Waals surface area contributed by atoms with Crippen LogP contribution in [-0.4, -0.2) is 12.1 Å². The highest BCUT2D eigenvalue weighted by Crippen LogP contribution is 2.35. The topological polar surface area (TPSA) is 38.0 Å². The lowest BCUT2D eigenvalue weighted by molar-refractivity contribution is -0.137. The van der Waals surface area contributed by atoms with Crippen molar-refractivity contribution in [3.8, 4) is 0 Å². The summed E-state index contributed by atoms with van der Waals surface area (Å²) < 4.78 is 38.1. The second kappa shape index (κ2) is 6.13. The molecule has 0 amide bonds. The molecule has 0 unspecified atom stereocenters. The van der Waals surface area contributed by atoms with Crippen LogP contribution in [-0.2, 0) is 6.18 Å². The molecule has 0 heterocycles. The third kappa shape index (κ3) is 3.86. The SMILES string of the molecule is CCC(CC)(CN)Nc1ccc(C(F)(F)F)cc1Br. The minimum atomic E-state index is -4.33. The van der Waals surface area contributed by atoms with Gasteiger partial charge in [-0.2, -0.15) is 13.2 Å². The molecule has 0 fully saturated rings. The summed E-state index contributed by atoms with van der Waals surface area (Å²) in [5, 5.41) is 3.25. The first-order valence-corrected chi connectivity index (χ1v) is 6.92. The Morgan fingerprint density at radius 2 is 1.79 bits per heavy atom. The van der Waals surface area contributed by atoms with E-state index in [0.717, 1.165) is 25.0 Å². The third-order valence-electron chi connectivity index (χ3n) is 3.44. The molecule has 6 heteroatoms. The van der Waals surface area contributed by atoms with Crippen LogP contribution in [0.15, 0.2) is 22.7 Å². The summed E-state index contributed by atoms with van der Waals surface area (Å²) >= 11 is 3.18. The third-order valence-corrected chi connectivity index (χ3v) is 4.10. The van der Waals surface area contributed by atoms with Crippen LogP contribution in [0.25, 0.3) is 0 Å². The van der Waals surface area contributed by atoms with Gasteiger partial charge in [0, 0.05) is 22.2 Å². The fourth-order valence-electron chi connectivity index (χ4n) is 1.84. The molecule has 19 heavy (non-hydrogen) atoms. The number of hydrogen-bond donors (Lipinski definition) is 2. The van der Waals surface area contributed by atoms with Crippen molar-refractivity contribution in [2.45, 2.75) is 38.4 Å². The lowest BCUT2D eigenvalue weighted by atomic mass is 9.92. The maximum Gasteiger partial charge on any atom is 0.416 e. The van der Waals surface area contributed by atoms with Gasteiger partial charge in [-0.3, -0.25) is 0 Å². The smallest absolute Gasteiger partial charge is 0.377 e. The highest BCUT2D eigenvalue weighted by Gasteiger charge is 2.31. The summed E-state index contributed by atoms with van der Waals surface area (Å²) in [5.41, 5.74) is 5.44. The monoisotopic (exact) mass is 338 g/mol. The second-order valence-electron chi connectivity index (χ2n) is 4.51. The van der Waals surface area contributed by atoms with Gasteiger partial charge in [-0.25, -0.2) is 0 Å². The van der Waals surface area contributed by atoms with Gasteiger partial charge in [-0.15, -0.1) is 0 Å². The average molecular weight is 339 g/mol. The van der Waals surface area contributed by atoms with Gasteiger partial charge < -0.3 is 11.1 Å². The maximum atomic E-state index is 12.6. The van der Waals surface area contributed by atoms with Crippen LogP contribution >= 0.6 is 15.9 Å². The fourth-order valence-corrected chi connectivity index (χ4v) is 2.32. The van der Waals surface area contributed by atoms with Crippen LogP contribution in [0, 0.1) is 0 Å². The van der Waals surface area contributed by atoms with Crippen LogP contribution < -0.4 is 11.1 Å². The molecule has 2 nitrogen and oxygen atoms in total. The Labute approximate surface area is 119 Å². The number of nitrogens with one attached hydrogen (secondary N) is 1. The van der Waals surface area contributed by atoms with Crippen LogP contribution in [0.5, 0.6) is 0 Å². The highest BCUT2D eigenvalue weighted by atomic mass is 79.9. The summed E-state index contributed by atoms with van der Waals surface area (Å²) in [6.07, 6.45) is -2.73. The molecule has 0 atom stereocenters. The zero-order chi connectivity index (χ0) is 14.7. The molecule has 0 spiro atoms. The van der Waals surface area contributed by atoms with Crippen LogP contribution in [0.1, 0.15) is 32.3 Å². The van der Waals surface area contributed by atoms with Gasteiger partial charge in [-0.1, -0.05) is 13.8 Å². The predicted octanol–water partition coefficient (Wildman–Crippen LogP) is 4.40. The molecule has 0 saturated heterocycles. The normalized spacial score (nSPS) is 12.6. The predicted molar refractivity (Wildman–Crippen MR) is 75.1 cm³/mol. The van der Waals surface area contributed by atoms with Crippen LogP contribution in [0.3, 0.4) is 0 Å². The van der Waals surface area contributed by atoms with Crippen molar-refractivity contribution >= 4 is 21.6 Å². The Balaban J connectivity index is 3.04. The van der Waals surface area contributed by atoms with E-state index in [9.17, 15) is 13.2 Å². The number of benzene rings is 1. The number of anilines is 1. The summed E-state index contributed by atoms with van der Waals surface area (Å²) in [6, 6.07) is 3.58. The first kappa shape index (κ1) is 16.3. The quantitative estimate of drug-likeness (QED) is 0.835. The number of hydrogen-bond acceptors (Lipinski definition) is 2. The molecular formula is C13H18BrF3N2. The van der Waals surface area contributed by atoms with Gasteiger partial charge >= 0.3 is 6.18 Å². The largest absolute Gasteiger partial charge is 0.416 e. The molecule has 0 aromatic heterocycles. The molecule has 1 rings (SSSR count). The summed E-state index contributed by atoms with van der Waals surface area (Å²) in [7, 11) is 0. The standard InChI is InChI=1S/C13H18BrF3N2/c1-3-12(4-2,8-18)19-11-6-5-9(7-10(11)14)13(15,16)17/h5-7,19H,3-4,8,18H2,1-2H3. The van der Waals surface area contributed by atoms with E-state index in [1.165, 1.54) is 6.07 Å². The molecule has 0 aliphatic rings. The minimum Gasteiger partial charge on any atom is -0.377 e. The first-order chi connectivity index (χ1) is 8.78. The molecule has 1 aromatic rings. The number of halogens is 4. The molecule has 1 aromatic carbocycles. The van der Waals surface area contributed by atoms with Gasteiger partial charge in [0.05, 0.1) is 5.56 Å². The lowest BCUT2D eigenvalue weighted by Crippen LogP contribution is -2.44. The van der Waals surface area contributed by atoms with Gasteiger partial charge in [0.1, 0.15) is 0 Å². The van der Waals surface area contributed by atoms with Crippen molar-refractivity contribution in [3.05, 3.63) is 28.2 Å².